The average molecular weight is 347 g/mol. The van der Waals surface area contributed by atoms with E-state index in [0.717, 1.165) is 9.26 Å². The van der Waals surface area contributed by atoms with E-state index >= 15 is 0 Å². The van der Waals surface area contributed by atoms with Crippen molar-refractivity contribution in [2.75, 3.05) is 12.4 Å². The van der Waals surface area contributed by atoms with Crippen molar-refractivity contribution in [2.24, 2.45) is 0 Å². The second kappa shape index (κ2) is 7.26. The second-order valence-electron chi connectivity index (χ2n) is 3.48. The number of methoxy groups -OCH3 is 1. The van der Waals surface area contributed by atoms with Crippen LogP contribution >= 0.6 is 22.6 Å². The van der Waals surface area contributed by atoms with E-state index in [-0.39, 0.29) is 18.3 Å². The van der Waals surface area contributed by atoms with Crippen molar-refractivity contribution >= 4 is 40.2 Å². The summed E-state index contributed by atoms with van der Waals surface area (Å²) >= 11 is 2.20. The molecule has 1 N–H and O–H groups in total. The molecule has 1 aromatic carbocycles. The van der Waals surface area contributed by atoms with Crippen LogP contribution in [0.5, 0.6) is 0 Å². The first-order valence-corrected chi connectivity index (χ1v) is 6.32. The number of ether oxygens (including phenoxy) is 1. The molecule has 1 amide bonds. The van der Waals surface area contributed by atoms with Crippen LogP contribution in [-0.2, 0) is 14.3 Å². The third kappa shape index (κ3) is 5.67. The highest BCUT2D eigenvalue weighted by Gasteiger charge is 2.05. The number of halogens is 1. The van der Waals surface area contributed by atoms with Crippen LogP contribution in [0.1, 0.15) is 19.3 Å². The minimum Gasteiger partial charge on any atom is -0.469 e. The Kier molecular flexibility index (Phi) is 5.96. The number of anilines is 1. The van der Waals surface area contributed by atoms with Gasteiger partial charge in [0.15, 0.2) is 0 Å². The zero-order chi connectivity index (χ0) is 12.7. The zero-order valence-electron chi connectivity index (χ0n) is 9.53. The number of benzene rings is 1. The monoisotopic (exact) mass is 347 g/mol. The minimum atomic E-state index is -0.285. The van der Waals surface area contributed by atoms with Crippen LogP contribution in [0.2, 0.25) is 0 Å². The summed E-state index contributed by atoms with van der Waals surface area (Å²) in [6, 6.07) is 7.54. The number of amides is 1. The summed E-state index contributed by atoms with van der Waals surface area (Å²) in [5.41, 5.74) is 0.772. The van der Waals surface area contributed by atoms with Crippen LogP contribution in [0, 0.1) is 3.57 Å². The Morgan fingerprint density at radius 3 is 2.47 bits per heavy atom. The zero-order valence-corrected chi connectivity index (χ0v) is 11.7. The number of hydrogen-bond donors (Lipinski definition) is 1. The lowest BCUT2D eigenvalue weighted by Gasteiger charge is -2.04. The molecular formula is C12H14INO3. The third-order valence-electron chi connectivity index (χ3n) is 2.14. The van der Waals surface area contributed by atoms with E-state index in [0.29, 0.717) is 12.8 Å². The summed E-state index contributed by atoms with van der Waals surface area (Å²) in [6.45, 7) is 0. The van der Waals surface area contributed by atoms with Gasteiger partial charge in [-0.25, -0.2) is 0 Å². The molecule has 0 radical (unpaired) electrons. The first kappa shape index (κ1) is 14.0. The van der Waals surface area contributed by atoms with Gasteiger partial charge < -0.3 is 10.1 Å². The first-order valence-electron chi connectivity index (χ1n) is 5.24. The van der Waals surface area contributed by atoms with Gasteiger partial charge in [0.2, 0.25) is 5.91 Å². The van der Waals surface area contributed by atoms with E-state index in [9.17, 15) is 9.59 Å². The van der Waals surface area contributed by atoms with E-state index in [4.69, 9.17) is 0 Å². The van der Waals surface area contributed by atoms with Crippen molar-refractivity contribution in [1.29, 1.82) is 0 Å². The molecule has 0 aliphatic heterocycles. The van der Waals surface area contributed by atoms with Crippen LogP contribution in [0.15, 0.2) is 24.3 Å². The van der Waals surface area contributed by atoms with Crippen molar-refractivity contribution in [3.8, 4) is 0 Å². The van der Waals surface area contributed by atoms with E-state index in [1.165, 1.54) is 7.11 Å². The molecule has 0 aromatic heterocycles. The molecule has 17 heavy (non-hydrogen) atoms. The first-order chi connectivity index (χ1) is 8.11. The van der Waals surface area contributed by atoms with Crippen LogP contribution in [0.3, 0.4) is 0 Å². The third-order valence-corrected chi connectivity index (χ3v) is 2.86. The fourth-order valence-electron chi connectivity index (χ4n) is 1.25. The van der Waals surface area contributed by atoms with Gasteiger partial charge in [-0.15, -0.1) is 0 Å². The Bertz CT molecular complexity index is 389. The highest BCUT2D eigenvalue weighted by molar-refractivity contribution is 14.1. The molecule has 92 valence electrons. The van der Waals surface area contributed by atoms with Crippen molar-refractivity contribution in [3.05, 3.63) is 27.8 Å². The smallest absolute Gasteiger partial charge is 0.305 e. The van der Waals surface area contributed by atoms with Crippen LogP contribution in [0.4, 0.5) is 5.69 Å². The average Bonchev–Trinajstić information content (AvgIpc) is 2.32. The van der Waals surface area contributed by atoms with E-state index in [1.54, 1.807) is 0 Å². The van der Waals surface area contributed by atoms with Gasteiger partial charge in [-0.05, 0) is 53.3 Å². The van der Waals surface area contributed by atoms with Crippen LogP contribution in [0.25, 0.3) is 0 Å². The molecule has 0 heterocycles. The standard InChI is InChI=1S/C12H14INO3/c1-17-12(16)4-2-3-11(15)14-10-7-5-9(13)6-8-10/h5-8H,2-4H2,1H3,(H,14,15). The Labute approximate surface area is 114 Å². The number of esters is 1. The number of nitrogens with one attached hydrogen (secondary N) is 1. The van der Waals surface area contributed by atoms with Gasteiger partial charge in [0.05, 0.1) is 7.11 Å². The molecule has 0 bridgehead atoms. The molecule has 1 rings (SSSR count). The largest absolute Gasteiger partial charge is 0.469 e. The SMILES string of the molecule is COC(=O)CCCC(=O)Nc1ccc(I)cc1. The summed E-state index contributed by atoms with van der Waals surface area (Å²) in [7, 11) is 1.34. The predicted molar refractivity (Wildman–Crippen MR) is 73.7 cm³/mol. The number of hydrogen-bond acceptors (Lipinski definition) is 3. The quantitative estimate of drug-likeness (QED) is 0.658. The molecule has 0 saturated heterocycles. The fraction of sp³-hybridized carbons (Fsp3) is 0.333. The van der Waals surface area contributed by atoms with E-state index < -0.39 is 0 Å². The van der Waals surface area contributed by atoms with Crippen molar-refractivity contribution in [3.63, 3.8) is 0 Å². The number of rotatable bonds is 5. The van der Waals surface area contributed by atoms with Gasteiger partial charge in [-0.2, -0.15) is 0 Å². The molecule has 0 saturated carbocycles. The molecule has 0 atom stereocenters. The van der Waals surface area contributed by atoms with Gasteiger partial charge in [0.1, 0.15) is 0 Å². The molecule has 0 aliphatic rings. The van der Waals surface area contributed by atoms with E-state index in [1.807, 2.05) is 24.3 Å². The second-order valence-corrected chi connectivity index (χ2v) is 4.73. The van der Waals surface area contributed by atoms with Gasteiger partial charge in [0, 0.05) is 22.1 Å². The van der Waals surface area contributed by atoms with Gasteiger partial charge >= 0.3 is 5.97 Å². The fourth-order valence-corrected chi connectivity index (χ4v) is 1.61. The van der Waals surface area contributed by atoms with Gasteiger partial charge in [-0.1, -0.05) is 0 Å². The Hall–Kier alpha value is -1.11. The molecule has 0 fully saturated rings. The Balaban J connectivity index is 2.30. The lowest BCUT2D eigenvalue weighted by molar-refractivity contribution is -0.140. The van der Waals surface area contributed by atoms with Crippen LogP contribution in [-0.4, -0.2) is 19.0 Å². The Morgan fingerprint density at radius 1 is 1.24 bits per heavy atom. The summed E-state index contributed by atoms with van der Waals surface area (Å²) in [5.74, 6) is -0.373. The van der Waals surface area contributed by atoms with E-state index in [2.05, 4.69) is 32.6 Å². The maximum Gasteiger partial charge on any atom is 0.305 e. The summed E-state index contributed by atoms with van der Waals surface area (Å²) in [4.78, 5) is 22.3. The van der Waals surface area contributed by atoms with Crippen LogP contribution < -0.4 is 5.32 Å². The topological polar surface area (TPSA) is 55.4 Å². The van der Waals surface area contributed by atoms with Crippen molar-refractivity contribution < 1.29 is 14.3 Å². The summed E-state index contributed by atoms with van der Waals surface area (Å²) in [5, 5.41) is 2.77. The Morgan fingerprint density at radius 2 is 1.88 bits per heavy atom. The lowest BCUT2D eigenvalue weighted by atomic mass is 10.2. The summed E-state index contributed by atoms with van der Waals surface area (Å²) < 4.78 is 5.61. The molecule has 0 aliphatic carbocycles. The van der Waals surface area contributed by atoms with Crippen molar-refractivity contribution in [1.82, 2.24) is 0 Å². The molecule has 0 unspecified atom stereocenters. The lowest BCUT2D eigenvalue weighted by Crippen LogP contribution is -2.12. The minimum absolute atomic E-state index is 0.0879. The molecule has 4 nitrogen and oxygen atoms in total. The molecular weight excluding hydrogens is 333 g/mol. The number of carbonyl (C=O) groups is 2. The molecule has 5 heteroatoms. The molecule has 1 aromatic rings. The van der Waals surface area contributed by atoms with Crippen molar-refractivity contribution in [2.45, 2.75) is 19.3 Å². The maximum absolute atomic E-state index is 11.5. The number of carbonyl (C=O) groups excluding carboxylic acids is 2. The highest BCUT2D eigenvalue weighted by atomic mass is 127. The normalized spacial score (nSPS) is 9.76. The predicted octanol–water partition coefficient (Wildman–Crippen LogP) is 2.57. The highest BCUT2D eigenvalue weighted by Crippen LogP contribution is 2.11. The maximum atomic E-state index is 11.5. The van der Waals surface area contributed by atoms with Gasteiger partial charge in [0.25, 0.3) is 0 Å². The van der Waals surface area contributed by atoms with Gasteiger partial charge in [-0.3, -0.25) is 9.59 Å². The molecule has 0 spiro atoms. The summed E-state index contributed by atoms with van der Waals surface area (Å²) in [6.07, 6.45) is 1.10.